The molecule has 0 heterocycles. The van der Waals surface area contributed by atoms with Crippen LogP contribution in [0.1, 0.15) is 30.9 Å². The van der Waals surface area contributed by atoms with Crippen molar-refractivity contribution in [2.45, 2.75) is 38.9 Å². The minimum Gasteiger partial charge on any atom is -0.294 e. The summed E-state index contributed by atoms with van der Waals surface area (Å²) < 4.78 is 12.1. The average Bonchev–Trinajstić information content (AvgIpc) is 3.03. The van der Waals surface area contributed by atoms with Crippen molar-refractivity contribution in [3.05, 3.63) is 71.8 Å². The highest BCUT2D eigenvalue weighted by molar-refractivity contribution is 8.01. The summed E-state index contributed by atoms with van der Waals surface area (Å²) in [5, 5.41) is 1.47. The minimum absolute atomic E-state index is 0.0280. The Kier molecular flexibility index (Phi) is 6.73. The van der Waals surface area contributed by atoms with E-state index in [1.807, 2.05) is 12.1 Å². The predicted octanol–water partition coefficient (Wildman–Crippen LogP) is 4.02. The largest absolute Gasteiger partial charge is 0.294 e. The summed E-state index contributed by atoms with van der Waals surface area (Å²) in [4.78, 5) is 15.2. The average molecular weight is 398 g/mol. The van der Waals surface area contributed by atoms with E-state index < -0.39 is 9.52 Å². The number of Topliss-reactive ketones (excluding diaryl/α,β-unsaturated/α-hetero) is 1. The lowest BCUT2D eigenvalue weighted by Gasteiger charge is -2.29. The van der Waals surface area contributed by atoms with Gasteiger partial charge in [-0.3, -0.25) is 13.9 Å². The van der Waals surface area contributed by atoms with E-state index in [4.69, 9.17) is 0 Å². The van der Waals surface area contributed by atoms with Crippen LogP contribution < -0.4 is 0 Å². The maximum atomic E-state index is 12.7. The number of rotatable bonds is 7. The molecule has 3 nitrogen and oxygen atoms in total. The van der Waals surface area contributed by atoms with Crippen LogP contribution in [-0.2, 0) is 27.4 Å². The second-order valence-corrected chi connectivity index (χ2v) is 11.3. The number of nitrogens with zero attached hydrogens (tertiary/aromatic N) is 1. The van der Waals surface area contributed by atoms with Gasteiger partial charge in [-0.1, -0.05) is 67.6 Å². The van der Waals surface area contributed by atoms with E-state index >= 15 is 0 Å². The molecular formula is C24H31NO2S. The first-order chi connectivity index (χ1) is 13.3. The van der Waals surface area contributed by atoms with Gasteiger partial charge in [0.1, 0.15) is 0 Å². The van der Waals surface area contributed by atoms with E-state index in [9.17, 15) is 9.00 Å². The number of hydrogen-bond donors (Lipinski definition) is 0. The second kappa shape index (κ2) is 9.06. The third-order valence-electron chi connectivity index (χ3n) is 5.60. The smallest absolute Gasteiger partial charge is 0.166 e. The lowest BCUT2D eigenvalue weighted by Crippen LogP contribution is -2.33. The molecule has 2 aromatic rings. The normalized spacial score (nSPS) is 22.4. The fourth-order valence-corrected chi connectivity index (χ4v) is 4.96. The molecule has 1 aliphatic rings. The monoisotopic (exact) mass is 397 g/mol. The Bertz CT molecular complexity index is 851. The van der Waals surface area contributed by atoms with Crippen LogP contribution in [0, 0.1) is 11.8 Å². The maximum absolute atomic E-state index is 12.7. The van der Waals surface area contributed by atoms with Gasteiger partial charge in [0.2, 0.25) is 0 Å². The van der Waals surface area contributed by atoms with Gasteiger partial charge in [0.15, 0.2) is 5.78 Å². The number of ketones is 1. The van der Waals surface area contributed by atoms with Crippen LogP contribution in [-0.4, -0.2) is 38.8 Å². The molecule has 0 aromatic heterocycles. The summed E-state index contributed by atoms with van der Waals surface area (Å²) in [5.74, 6) is 0.341. The van der Waals surface area contributed by atoms with Crippen molar-refractivity contribution in [3.63, 3.8) is 0 Å². The topological polar surface area (TPSA) is 37.4 Å². The zero-order valence-corrected chi connectivity index (χ0v) is 17.9. The fraction of sp³-hybridized carbons (Fsp3) is 0.417. The molecule has 1 saturated carbocycles. The highest BCUT2D eigenvalue weighted by Crippen LogP contribution is 2.36. The Morgan fingerprint density at radius 3 is 1.93 bits per heavy atom. The quantitative estimate of drug-likeness (QED) is 0.662. The van der Waals surface area contributed by atoms with Crippen LogP contribution in [0.3, 0.4) is 0 Å². The molecule has 0 saturated heterocycles. The fourth-order valence-electron chi connectivity index (χ4n) is 4.23. The van der Waals surface area contributed by atoms with Gasteiger partial charge in [0.05, 0.1) is 0 Å². The Hall–Kier alpha value is -1.91. The molecule has 0 unspecified atom stereocenters. The van der Waals surface area contributed by atoms with Crippen LogP contribution in [0.5, 0.6) is 0 Å². The van der Waals surface area contributed by atoms with Crippen molar-refractivity contribution >= 4 is 20.7 Å². The standard InChI is InChI=1S/C24H31NO2S/c1-19-14-22(15-23(19)24(26)18-28(2,3)27)25(16-20-10-6-4-7-11-20)17-21-12-8-5-9-13-21/h4-13,18-19,22-23H,14-17H2,1-3H3/t19-,22+,23+/m1/s1. The van der Waals surface area contributed by atoms with Gasteiger partial charge in [-0.15, -0.1) is 0 Å². The Balaban J connectivity index is 1.80. The van der Waals surface area contributed by atoms with Gasteiger partial charge >= 0.3 is 0 Å². The van der Waals surface area contributed by atoms with Crippen molar-refractivity contribution in [2.75, 3.05) is 12.5 Å². The van der Waals surface area contributed by atoms with Crippen molar-refractivity contribution < 1.29 is 9.00 Å². The Morgan fingerprint density at radius 2 is 1.46 bits per heavy atom. The SMILES string of the molecule is C[C@@H]1C[C@H](N(Cc2ccccc2)Cc2ccccc2)C[C@@H]1C(=O)C=S(C)(C)=O. The third kappa shape index (κ3) is 5.79. The first kappa shape index (κ1) is 20.8. The molecule has 0 N–H and O–H groups in total. The molecular weight excluding hydrogens is 366 g/mol. The maximum Gasteiger partial charge on any atom is 0.166 e. The molecule has 1 aliphatic carbocycles. The van der Waals surface area contributed by atoms with Gasteiger partial charge < -0.3 is 0 Å². The van der Waals surface area contributed by atoms with E-state index in [0.717, 1.165) is 25.9 Å². The second-order valence-electron chi connectivity index (χ2n) is 8.41. The molecule has 3 rings (SSSR count). The Labute approximate surface area is 169 Å². The van der Waals surface area contributed by atoms with Crippen LogP contribution >= 0.6 is 0 Å². The summed E-state index contributed by atoms with van der Waals surface area (Å²) in [6.45, 7) is 3.90. The van der Waals surface area contributed by atoms with Crippen LogP contribution in [0.4, 0.5) is 0 Å². The molecule has 0 radical (unpaired) electrons. The summed E-state index contributed by atoms with van der Waals surface area (Å²) in [6.07, 6.45) is 5.11. The molecule has 0 aliphatic heterocycles. The zero-order valence-electron chi connectivity index (χ0n) is 17.1. The van der Waals surface area contributed by atoms with Gasteiger partial charge in [0.25, 0.3) is 0 Å². The molecule has 150 valence electrons. The summed E-state index contributed by atoms with van der Waals surface area (Å²) in [7, 11) is -2.16. The molecule has 3 atom stereocenters. The molecule has 0 amide bonds. The Morgan fingerprint density at radius 1 is 0.964 bits per heavy atom. The number of carbonyl (C=O) groups is 1. The van der Waals surface area contributed by atoms with Crippen molar-refractivity contribution in [1.29, 1.82) is 0 Å². The van der Waals surface area contributed by atoms with Crippen molar-refractivity contribution in [2.24, 2.45) is 11.8 Å². The molecule has 28 heavy (non-hydrogen) atoms. The van der Waals surface area contributed by atoms with E-state index in [1.54, 1.807) is 12.5 Å². The lowest BCUT2D eigenvalue weighted by atomic mass is 9.95. The van der Waals surface area contributed by atoms with Crippen molar-refractivity contribution in [1.82, 2.24) is 4.90 Å². The molecule has 1 fully saturated rings. The molecule has 4 heteroatoms. The third-order valence-corrected chi connectivity index (χ3v) is 6.40. The first-order valence-corrected chi connectivity index (χ1v) is 12.4. The van der Waals surface area contributed by atoms with E-state index in [1.165, 1.54) is 16.5 Å². The van der Waals surface area contributed by atoms with Crippen molar-refractivity contribution in [3.8, 4) is 0 Å². The highest BCUT2D eigenvalue weighted by Gasteiger charge is 2.38. The first-order valence-electron chi connectivity index (χ1n) is 9.96. The van der Waals surface area contributed by atoms with E-state index in [0.29, 0.717) is 12.0 Å². The van der Waals surface area contributed by atoms with Crippen LogP contribution in [0.25, 0.3) is 0 Å². The van der Waals surface area contributed by atoms with E-state index in [2.05, 4.69) is 60.4 Å². The van der Waals surface area contributed by atoms with Gasteiger partial charge in [0, 0.05) is 42.9 Å². The summed E-state index contributed by atoms with van der Waals surface area (Å²) in [6, 6.07) is 21.4. The van der Waals surface area contributed by atoms with Crippen LogP contribution in [0.15, 0.2) is 60.7 Å². The predicted molar refractivity (Wildman–Crippen MR) is 119 cm³/mol. The molecule has 2 aromatic carbocycles. The van der Waals surface area contributed by atoms with E-state index in [-0.39, 0.29) is 11.7 Å². The summed E-state index contributed by atoms with van der Waals surface area (Å²) in [5.41, 5.74) is 2.58. The summed E-state index contributed by atoms with van der Waals surface area (Å²) >= 11 is 0. The molecule has 0 bridgehead atoms. The van der Waals surface area contributed by atoms with Gasteiger partial charge in [-0.2, -0.15) is 0 Å². The number of carbonyl (C=O) groups excluding carboxylic acids is 1. The number of benzene rings is 2. The molecule has 0 spiro atoms. The highest BCUT2D eigenvalue weighted by atomic mass is 32.2. The minimum atomic E-state index is -2.16. The van der Waals surface area contributed by atoms with Crippen LogP contribution in [0.2, 0.25) is 0 Å². The zero-order chi connectivity index (χ0) is 20.1. The number of hydrogen-bond acceptors (Lipinski definition) is 3. The van der Waals surface area contributed by atoms with Gasteiger partial charge in [-0.05, 0) is 39.4 Å². The van der Waals surface area contributed by atoms with Gasteiger partial charge in [-0.25, -0.2) is 0 Å². The lowest BCUT2D eigenvalue weighted by molar-refractivity contribution is -0.116.